The highest BCUT2D eigenvalue weighted by molar-refractivity contribution is 5.97. The van der Waals surface area contributed by atoms with Crippen LogP contribution in [0, 0.1) is 17.8 Å². The lowest BCUT2D eigenvalue weighted by molar-refractivity contribution is 0.0325. The van der Waals surface area contributed by atoms with E-state index in [0.29, 0.717) is 30.1 Å². The molecule has 3 aromatic rings. The largest absolute Gasteiger partial charge is 0.472 e. The first kappa shape index (κ1) is 25.3. The maximum atomic E-state index is 13.6. The van der Waals surface area contributed by atoms with Crippen molar-refractivity contribution in [2.24, 2.45) is 5.92 Å². The van der Waals surface area contributed by atoms with Gasteiger partial charge in [0.1, 0.15) is 11.7 Å². The molecule has 1 aliphatic rings. The van der Waals surface area contributed by atoms with Crippen molar-refractivity contribution in [3.05, 3.63) is 83.6 Å². The van der Waals surface area contributed by atoms with Gasteiger partial charge in [-0.25, -0.2) is 4.98 Å². The van der Waals surface area contributed by atoms with Crippen LogP contribution in [0.5, 0.6) is 5.88 Å². The average Bonchev–Trinajstić information content (AvgIpc) is 2.90. The van der Waals surface area contributed by atoms with Crippen LogP contribution in [0.2, 0.25) is 0 Å². The quantitative estimate of drug-likeness (QED) is 0.537. The smallest absolute Gasteiger partial charge is 0.259 e. The standard InChI is InChI=1S/C28H31N5O3/c1-20-16-33(21(2)19-34)28(35)25-14-24(5-4-22-6-10-29-11-7-22)15-31-27(25)36-26(20)18-32(3)17-23-8-12-30-13-9-23/h6-15,20-21,26,34H,16-19H2,1-3H3/t20-,21+,26-/m1/s1. The number of ether oxygens (including phenoxy) is 1. The molecule has 1 amide bonds. The fourth-order valence-electron chi connectivity index (χ4n) is 4.14. The third kappa shape index (κ3) is 6.25. The number of aliphatic hydroxyl groups excluding tert-OH is 1. The Kier molecular flexibility index (Phi) is 8.26. The van der Waals surface area contributed by atoms with Crippen molar-refractivity contribution in [2.75, 3.05) is 26.7 Å². The molecule has 0 aliphatic carbocycles. The van der Waals surface area contributed by atoms with Gasteiger partial charge in [-0.05, 0) is 49.9 Å². The van der Waals surface area contributed by atoms with E-state index in [9.17, 15) is 9.90 Å². The second-order valence-electron chi connectivity index (χ2n) is 9.24. The summed E-state index contributed by atoms with van der Waals surface area (Å²) in [5.41, 5.74) is 2.94. The molecule has 0 spiro atoms. The highest BCUT2D eigenvalue weighted by Crippen LogP contribution is 2.27. The first-order valence-electron chi connectivity index (χ1n) is 12.0. The average molecular weight is 486 g/mol. The fourth-order valence-corrected chi connectivity index (χ4v) is 4.14. The maximum absolute atomic E-state index is 13.6. The van der Waals surface area contributed by atoms with Crippen molar-refractivity contribution in [3.8, 4) is 17.7 Å². The molecule has 0 saturated carbocycles. The van der Waals surface area contributed by atoms with Gasteiger partial charge in [0.2, 0.25) is 5.88 Å². The van der Waals surface area contributed by atoms with E-state index in [2.05, 4.69) is 38.6 Å². The van der Waals surface area contributed by atoms with Crippen LogP contribution in [0.4, 0.5) is 0 Å². The molecule has 1 aliphatic heterocycles. The molecule has 0 saturated heterocycles. The SMILES string of the molecule is C[C@@H]1CN([C@@H](C)CO)C(=O)c2cc(C#Cc3ccncc3)cnc2O[C@@H]1CN(C)Cc1ccncc1. The van der Waals surface area contributed by atoms with Gasteiger partial charge in [0.05, 0.1) is 12.6 Å². The second-order valence-corrected chi connectivity index (χ2v) is 9.24. The monoisotopic (exact) mass is 485 g/mol. The summed E-state index contributed by atoms with van der Waals surface area (Å²) >= 11 is 0. The Morgan fingerprint density at radius 3 is 2.50 bits per heavy atom. The lowest BCUT2D eigenvalue weighted by atomic mass is 9.99. The lowest BCUT2D eigenvalue weighted by Gasteiger charge is -2.37. The van der Waals surface area contributed by atoms with E-state index in [1.54, 1.807) is 42.0 Å². The molecule has 186 valence electrons. The number of carbonyl (C=O) groups is 1. The molecule has 8 heteroatoms. The molecule has 1 N–H and O–H groups in total. The number of pyridine rings is 3. The zero-order chi connectivity index (χ0) is 25.5. The van der Waals surface area contributed by atoms with E-state index >= 15 is 0 Å². The Bertz CT molecular complexity index is 1230. The predicted octanol–water partition coefficient (Wildman–Crippen LogP) is 2.62. The molecule has 0 aromatic carbocycles. The van der Waals surface area contributed by atoms with E-state index in [4.69, 9.17) is 4.74 Å². The fraction of sp³-hybridized carbons (Fsp3) is 0.357. The van der Waals surface area contributed by atoms with Crippen LogP contribution in [0.1, 0.15) is 40.9 Å². The summed E-state index contributed by atoms with van der Waals surface area (Å²) in [6.07, 6.45) is 8.35. The minimum Gasteiger partial charge on any atom is -0.472 e. The highest BCUT2D eigenvalue weighted by Gasteiger charge is 2.34. The number of rotatable bonds is 6. The third-order valence-electron chi connectivity index (χ3n) is 6.25. The number of hydrogen-bond acceptors (Lipinski definition) is 7. The summed E-state index contributed by atoms with van der Waals surface area (Å²) in [4.78, 5) is 30.0. The predicted molar refractivity (Wildman–Crippen MR) is 136 cm³/mol. The molecule has 4 rings (SSSR count). The van der Waals surface area contributed by atoms with Gasteiger partial charge in [-0.1, -0.05) is 18.8 Å². The van der Waals surface area contributed by atoms with Gasteiger partial charge >= 0.3 is 0 Å². The van der Waals surface area contributed by atoms with Crippen LogP contribution in [-0.2, 0) is 6.54 Å². The van der Waals surface area contributed by atoms with Gasteiger partial charge in [0.25, 0.3) is 5.91 Å². The van der Waals surface area contributed by atoms with Gasteiger partial charge in [-0.2, -0.15) is 0 Å². The number of amides is 1. The molecule has 0 unspecified atom stereocenters. The molecule has 4 heterocycles. The van der Waals surface area contributed by atoms with E-state index in [1.165, 1.54) is 0 Å². The Balaban J connectivity index is 1.63. The van der Waals surface area contributed by atoms with Gasteiger partial charge in [-0.3, -0.25) is 19.7 Å². The second kappa shape index (κ2) is 11.8. The van der Waals surface area contributed by atoms with Crippen molar-refractivity contribution in [1.29, 1.82) is 0 Å². The lowest BCUT2D eigenvalue weighted by Crippen LogP contribution is -2.49. The van der Waals surface area contributed by atoms with Crippen LogP contribution < -0.4 is 4.74 Å². The van der Waals surface area contributed by atoms with Crippen molar-refractivity contribution >= 4 is 5.91 Å². The van der Waals surface area contributed by atoms with Gasteiger partial charge < -0.3 is 14.7 Å². The van der Waals surface area contributed by atoms with Gasteiger partial charge in [0, 0.05) is 67.7 Å². The first-order chi connectivity index (χ1) is 17.4. The van der Waals surface area contributed by atoms with Crippen LogP contribution >= 0.6 is 0 Å². The maximum Gasteiger partial charge on any atom is 0.259 e. The summed E-state index contributed by atoms with van der Waals surface area (Å²) in [7, 11) is 2.04. The molecule has 36 heavy (non-hydrogen) atoms. The summed E-state index contributed by atoms with van der Waals surface area (Å²) in [6.45, 7) is 5.63. The Morgan fingerprint density at radius 1 is 1.14 bits per heavy atom. The number of fused-ring (bicyclic) bond motifs is 1. The molecular weight excluding hydrogens is 454 g/mol. The molecular formula is C28H31N5O3. The van der Waals surface area contributed by atoms with E-state index < -0.39 is 0 Å². The summed E-state index contributed by atoms with van der Waals surface area (Å²) in [6, 6.07) is 9.01. The minimum atomic E-state index is -0.340. The molecule has 0 fully saturated rings. The van der Waals surface area contributed by atoms with Crippen LogP contribution in [0.3, 0.4) is 0 Å². The molecule has 8 nitrogen and oxygen atoms in total. The van der Waals surface area contributed by atoms with Crippen LogP contribution in [-0.4, -0.2) is 74.7 Å². The van der Waals surface area contributed by atoms with Crippen LogP contribution in [0.25, 0.3) is 0 Å². The minimum absolute atomic E-state index is 0.0175. The van der Waals surface area contributed by atoms with E-state index in [0.717, 1.165) is 17.7 Å². The van der Waals surface area contributed by atoms with Gasteiger partial charge in [-0.15, -0.1) is 0 Å². The molecule has 3 aromatic heterocycles. The summed E-state index contributed by atoms with van der Waals surface area (Å²) in [5.74, 6) is 6.24. The van der Waals surface area contributed by atoms with E-state index in [1.807, 2.05) is 38.2 Å². The van der Waals surface area contributed by atoms with E-state index in [-0.39, 0.29) is 30.6 Å². The van der Waals surface area contributed by atoms with Crippen molar-refractivity contribution in [2.45, 2.75) is 32.5 Å². The van der Waals surface area contributed by atoms with Gasteiger partial charge in [0.15, 0.2) is 0 Å². The molecule has 3 atom stereocenters. The van der Waals surface area contributed by atoms with Crippen molar-refractivity contribution in [3.63, 3.8) is 0 Å². The summed E-state index contributed by atoms with van der Waals surface area (Å²) in [5, 5.41) is 9.86. The first-order valence-corrected chi connectivity index (χ1v) is 12.0. The Labute approximate surface area is 212 Å². The normalized spacial score (nSPS) is 18.4. The summed E-state index contributed by atoms with van der Waals surface area (Å²) < 4.78 is 6.38. The Morgan fingerprint density at radius 2 is 1.81 bits per heavy atom. The molecule has 0 radical (unpaired) electrons. The van der Waals surface area contributed by atoms with Crippen molar-refractivity contribution in [1.82, 2.24) is 24.8 Å². The topological polar surface area (TPSA) is 91.7 Å². The highest BCUT2D eigenvalue weighted by atomic mass is 16.5. The third-order valence-corrected chi connectivity index (χ3v) is 6.25. The number of hydrogen-bond donors (Lipinski definition) is 1. The zero-order valence-corrected chi connectivity index (χ0v) is 20.8. The van der Waals surface area contributed by atoms with Crippen molar-refractivity contribution < 1.29 is 14.6 Å². The van der Waals surface area contributed by atoms with Crippen LogP contribution in [0.15, 0.2) is 61.3 Å². The number of likely N-dealkylation sites (N-methyl/N-ethyl adjacent to an activating group) is 1. The number of aliphatic hydroxyl groups is 1. The molecule has 0 bridgehead atoms. The zero-order valence-electron chi connectivity index (χ0n) is 20.8. The number of aromatic nitrogens is 3. The number of nitrogens with zero attached hydrogens (tertiary/aromatic N) is 5. The Hall–Kier alpha value is -3.80. The number of carbonyl (C=O) groups excluding carboxylic acids is 1.